The Kier molecular flexibility index (Phi) is 3.40. The number of rotatable bonds is 3. The molecule has 2 unspecified atom stereocenters. The summed E-state index contributed by atoms with van der Waals surface area (Å²) in [7, 11) is 0. The van der Waals surface area contributed by atoms with E-state index in [2.05, 4.69) is 31.0 Å². The molecule has 0 N–H and O–H groups in total. The second-order valence-electron chi connectivity index (χ2n) is 4.81. The molecule has 82 valence electrons. The minimum Gasteiger partial charge on any atom is -0.261 e. The summed E-state index contributed by atoms with van der Waals surface area (Å²) in [6.45, 7) is 4.66. The predicted molar refractivity (Wildman–Crippen MR) is 64.0 cm³/mol. The van der Waals surface area contributed by atoms with Gasteiger partial charge < -0.3 is 0 Å². The molecule has 0 saturated heterocycles. The van der Waals surface area contributed by atoms with Crippen molar-refractivity contribution in [2.45, 2.75) is 51.9 Å². The average molecular weight is 203 g/mol. The summed E-state index contributed by atoms with van der Waals surface area (Å²) in [5.41, 5.74) is 2.89. The summed E-state index contributed by atoms with van der Waals surface area (Å²) in [5.74, 6) is 1.51. The van der Waals surface area contributed by atoms with Crippen LogP contribution in [0.2, 0.25) is 0 Å². The number of hydrogen-bond acceptors (Lipinski definition) is 1. The lowest BCUT2D eigenvalue weighted by Gasteiger charge is -2.29. The van der Waals surface area contributed by atoms with Gasteiger partial charge in [-0.2, -0.15) is 0 Å². The summed E-state index contributed by atoms with van der Waals surface area (Å²) in [4.78, 5) is 4.60. The van der Waals surface area contributed by atoms with E-state index in [1.54, 1.807) is 0 Å². The fourth-order valence-electron chi connectivity index (χ4n) is 2.86. The molecule has 0 aliphatic heterocycles. The van der Waals surface area contributed by atoms with Gasteiger partial charge in [0.05, 0.1) is 0 Å². The zero-order valence-corrected chi connectivity index (χ0v) is 9.87. The van der Waals surface area contributed by atoms with Crippen molar-refractivity contribution in [3.8, 4) is 0 Å². The molecule has 0 saturated carbocycles. The van der Waals surface area contributed by atoms with Crippen LogP contribution < -0.4 is 0 Å². The largest absolute Gasteiger partial charge is 0.261 e. The Balaban J connectivity index is 2.21. The van der Waals surface area contributed by atoms with Gasteiger partial charge in [0.25, 0.3) is 0 Å². The Morgan fingerprint density at radius 1 is 1.53 bits per heavy atom. The van der Waals surface area contributed by atoms with E-state index in [1.807, 2.05) is 6.20 Å². The molecule has 0 aromatic carbocycles. The molecular formula is C14H21N. The van der Waals surface area contributed by atoms with Crippen LogP contribution in [0.5, 0.6) is 0 Å². The zero-order valence-electron chi connectivity index (χ0n) is 9.87. The highest BCUT2D eigenvalue weighted by atomic mass is 14.7. The lowest BCUT2D eigenvalue weighted by Crippen LogP contribution is -2.18. The maximum Gasteiger partial charge on any atom is 0.0469 e. The molecule has 0 amide bonds. The van der Waals surface area contributed by atoms with E-state index < -0.39 is 0 Å². The van der Waals surface area contributed by atoms with Crippen molar-refractivity contribution in [1.82, 2.24) is 4.98 Å². The van der Waals surface area contributed by atoms with Crippen LogP contribution in [-0.4, -0.2) is 4.98 Å². The van der Waals surface area contributed by atoms with Gasteiger partial charge in [0.1, 0.15) is 0 Å². The van der Waals surface area contributed by atoms with Crippen molar-refractivity contribution >= 4 is 0 Å². The number of nitrogens with zero attached hydrogens (tertiary/aromatic N) is 1. The van der Waals surface area contributed by atoms with Crippen LogP contribution in [-0.2, 0) is 6.42 Å². The molecule has 1 aromatic heterocycles. The van der Waals surface area contributed by atoms with Gasteiger partial charge in [-0.05, 0) is 36.8 Å². The molecule has 15 heavy (non-hydrogen) atoms. The SMILES string of the molecule is CCCC(C)C1CCCc2cccnc21. The van der Waals surface area contributed by atoms with E-state index in [1.165, 1.54) is 43.4 Å². The van der Waals surface area contributed by atoms with Crippen molar-refractivity contribution in [2.24, 2.45) is 5.92 Å². The van der Waals surface area contributed by atoms with Crippen LogP contribution in [0.4, 0.5) is 0 Å². The normalized spacial score (nSPS) is 22.1. The van der Waals surface area contributed by atoms with Crippen LogP contribution >= 0.6 is 0 Å². The van der Waals surface area contributed by atoms with Crippen molar-refractivity contribution in [1.29, 1.82) is 0 Å². The lowest BCUT2D eigenvalue weighted by atomic mass is 9.78. The van der Waals surface area contributed by atoms with E-state index >= 15 is 0 Å². The van der Waals surface area contributed by atoms with Crippen LogP contribution in [0.25, 0.3) is 0 Å². The van der Waals surface area contributed by atoms with Gasteiger partial charge in [-0.25, -0.2) is 0 Å². The van der Waals surface area contributed by atoms with Gasteiger partial charge in [0.15, 0.2) is 0 Å². The number of fused-ring (bicyclic) bond motifs is 1. The number of aryl methyl sites for hydroxylation is 1. The quantitative estimate of drug-likeness (QED) is 0.725. The first kappa shape index (κ1) is 10.7. The minimum atomic E-state index is 0.717. The minimum absolute atomic E-state index is 0.717. The third-order valence-corrected chi connectivity index (χ3v) is 3.67. The summed E-state index contributed by atoms with van der Waals surface area (Å²) in [5, 5.41) is 0. The first-order valence-corrected chi connectivity index (χ1v) is 6.26. The summed E-state index contributed by atoms with van der Waals surface area (Å²) < 4.78 is 0. The molecule has 1 aliphatic carbocycles. The third kappa shape index (κ3) is 2.22. The first-order chi connectivity index (χ1) is 7.33. The molecule has 2 atom stereocenters. The van der Waals surface area contributed by atoms with Gasteiger partial charge in [-0.1, -0.05) is 32.8 Å². The Hall–Kier alpha value is -0.850. The first-order valence-electron chi connectivity index (χ1n) is 6.26. The Morgan fingerprint density at radius 2 is 2.40 bits per heavy atom. The van der Waals surface area contributed by atoms with Crippen molar-refractivity contribution < 1.29 is 0 Å². The Morgan fingerprint density at radius 3 is 3.20 bits per heavy atom. The van der Waals surface area contributed by atoms with Crippen molar-refractivity contribution in [2.75, 3.05) is 0 Å². The molecular weight excluding hydrogens is 182 g/mol. The number of aromatic nitrogens is 1. The summed E-state index contributed by atoms with van der Waals surface area (Å²) >= 11 is 0. The predicted octanol–water partition coefficient (Wildman–Crippen LogP) is 3.94. The van der Waals surface area contributed by atoms with E-state index in [4.69, 9.17) is 0 Å². The molecule has 1 heterocycles. The number of pyridine rings is 1. The van der Waals surface area contributed by atoms with E-state index in [-0.39, 0.29) is 0 Å². The van der Waals surface area contributed by atoms with Crippen LogP contribution in [0.1, 0.15) is 56.7 Å². The van der Waals surface area contributed by atoms with E-state index in [0.717, 1.165) is 11.8 Å². The highest BCUT2D eigenvalue weighted by Crippen LogP contribution is 2.36. The van der Waals surface area contributed by atoms with Crippen LogP contribution in [0.15, 0.2) is 18.3 Å². The highest BCUT2D eigenvalue weighted by molar-refractivity contribution is 5.26. The molecule has 1 aromatic rings. The summed E-state index contributed by atoms with van der Waals surface area (Å²) in [6, 6.07) is 4.33. The Labute approximate surface area is 92.9 Å². The average Bonchev–Trinajstić information content (AvgIpc) is 2.28. The van der Waals surface area contributed by atoms with Gasteiger partial charge in [0.2, 0.25) is 0 Å². The monoisotopic (exact) mass is 203 g/mol. The second-order valence-corrected chi connectivity index (χ2v) is 4.81. The van der Waals surface area contributed by atoms with Crippen molar-refractivity contribution in [3.63, 3.8) is 0 Å². The maximum atomic E-state index is 4.60. The fraction of sp³-hybridized carbons (Fsp3) is 0.643. The molecule has 2 rings (SSSR count). The zero-order chi connectivity index (χ0) is 10.7. The van der Waals surface area contributed by atoms with E-state index in [9.17, 15) is 0 Å². The molecule has 1 heteroatoms. The van der Waals surface area contributed by atoms with Gasteiger partial charge >= 0.3 is 0 Å². The summed E-state index contributed by atoms with van der Waals surface area (Å²) in [6.07, 6.45) is 8.50. The number of hydrogen-bond donors (Lipinski definition) is 0. The van der Waals surface area contributed by atoms with E-state index in [0.29, 0.717) is 0 Å². The molecule has 0 bridgehead atoms. The third-order valence-electron chi connectivity index (χ3n) is 3.67. The molecule has 1 nitrogen and oxygen atoms in total. The molecule has 0 spiro atoms. The highest BCUT2D eigenvalue weighted by Gasteiger charge is 2.25. The van der Waals surface area contributed by atoms with Crippen LogP contribution in [0.3, 0.4) is 0 Å². The van der Waals surface area contributed by atoms with Crippen molar-refractivity contribution in [3.05, 3.63) is 29.6 Å². The molecule has 1 aliphatic rings. The maximum absolute atomic E-state index is 4.60. The van der Waals surface area contributed by atoms with Gasteiger partial charge in [0, 0.05) is 17.8 Å². The fourth-order valence-corrected chi connectivity index (χ4v) is 2.86. The lowest BCUT2D eigenvalue weighted by molar-refractivity contribution is 0.373. The second kappa shape index (κ2) is 4.78. The smallest absolute Gasteiger partial charge is 0.0469 e. The van der Waals surface area contributed by atoms with Gasteiger partial charge in [-0.3, -0.25) is 4.98 Å². The Bertz CT molecular complexity index is 319. The van der Waals surface area contributed by atoms with Gasteiger partial charge in [-0.15, -0.1) is 0 Å². The molecule has 0 fully saturated rings. The topological polar surface area (TPSA) is 12.9 Å². The standard InChI is InChI=1S/C14H21N/c1-3-6-11(2)13-9-4-7-12-8-5-10-15-14(12)13/h5,8,10-11,13H,3-4,6-7,9H2,1-2H3. The van der Waals surface area contributed by atoms with Crippen LogP contribution in [0, 0.1) is 5.92 Å². The molecule has 0 radical (unpaired) electrons.